The summed E-state index contributed by atoms with van der Waals surface area (Å²) in [7, 11) is 0. The third-order valence-electron chi connectivity index (χ3n) is 2.59. The van der Waals surface area contributed by atoms with E-state index in [9.17, 15) is 17.6 Å². The van der Waals surface area contributed by atoms with Gasteiger partial charge in [0.15, 0.2) is 0 Å². The Bertz CT molecular complexity index is 637. The van der Waals surface area contributed by atoms with Gasteiger partial charge in [0.25, 0.3) is 0 Å². The Kier molecular flexibility index (Phi) is 2.85. The summed E-state index contributed by atoms with van der Waals surface area (Å²) >= 11 is 5.56. The van der Waals surface area contributed by atoms with E-state index in [1.54, 1.807) is 0 Å². The quantitative estimate of drug-likeness (QED) is 0.742. The van der Waals surface area contributed by atoms with Crippen molar-refractivity contribution in [3.05, 3.63) is 34.2 Å². The summed E-state index contributed by atoms with van der Waals surface area (Å²) in [5.41, 5.74) is 4.02. The van der Waals surface area contributed by atoms with Crippen molar-refractivity contribution in [3.8, 4) is 0 Å². The molecule has 18 heavy (non-hydrogen) atoms. The minimum atomic E-state index is -4.64. The van der Waals surface area contributed by atoms with Gasteiger partial charge in [0.1, 0.15) is 11.5 Å². The molecule has 0 bridgehead atoms. The fourth-order valence-corrected chi connectivity index (χ4v) is 1.82. The number of nitrogen functional groups attached to an aromatic ring is 1. The van der Waals surface area contributed by atoms with E-state index in [4.69, 9.17) is 17.3 Å². The van der Waals surface area contributed by atoms with E-state index in [-0.39, 0.29) is 27.2 Å². The van der Waals surface area contributed by atoms with E-state index in [1.807, 2.05) is 0 Å². The molecule has 0 atom stereocenters. The maximum atomic E-state index is 13.2. The molecule has 7 heteroatoms. The molecule has 0 amide bonds. The lowest BCUT2D eigenvalue weighted by molar-refractivity contribution is -0.141. The van der Waals surface area contributed by atoms with Gasteiger partial charge in [0.2, 0.25) is 0 Å². The number of halogens is 5. The maximum Gasteiger partial charge on any atom is 0.433 e. The van der Waals surface area contributed by atoms with Crippen molar-refractivity contribution in [3.63, 3.8) is 0 Å². The molecule has 2 aromatic rings. The lowest BCUT2D eigenvalue weighted by Gasteiger charge is -2.13. The van der Waals surface area contributed by atoms with Gasteiger partial charge in [-0.1, -0.05) is 11.6 Å². The first-order valence-electron chi connectivity index (χ1n) is 4.84. The molecule has 2 N–H and O–H groups in total. The molecule has 2 nitrogen and oxygen atoms in total. The number of rotatable bonds is 0. The van der Waals surface area contributed by atoms with Crippen LogP contribution in [0, 0.1) is 12.7 Å². The molecular formula is C11H7ClF4N2. The van der Waals surface area contributed by atoms with Gasteiger partial charge >= 0.3 is 6.18 Å². The van der Waals surface area contributed by atoms with E-state index in [1.165, 1.54) is 13.0 Å². The molecule has 0 aliphatic rings. The van der Waals surface area contributed by atoms with Gasteiger partial charge in [-0.3, -0.25) is 0 Å². The Labute approximate surface area is 104 Å². The smallest absolute Gasteiger partial charge is 0.398 e. The number of hydrogen-bond donors (Lipinski definition) is 1. The number of nitrogens with two attached hydrogens (primary N) is 1. The first kappa shape index (κ1) is 12.9. The van der Waals surface area contributed by atoms with Crippen LogP contribution in [0.25, 0.3) is 10.9 Å². The van der Waals surface area contributed by atoms with E-state index < -0.39 is 17.7 Å². The van der Waals surface area contributed by atoms with Crippen LogP contribution in [0.15, 0.2) is 12.1 Å². The molecule has 0 spiro atoms. The van der Waals surface area contributed by atoms with Crippen LogP contribution in [-0.2, 0) is 6.18 Å². The molecule has 0 fully saturated rings. The highest BCUT2D eigenvalue weighted by molar-refractivity contribution is 6.31. The average Bonchev–Trinajstić information content (AvgIpc) is 2.25. The number of hydrogen-bond acceptors (Lipinski definition) is 2. The van der Waals surface area contributed by atoms with Crippen LogP contribution in [0.3, 0.4) is 0 Å². The number of pyridine rings is 1. The highest BCUT2D eigenvalue weighted by atomic mass is 35.5. The zero-order valence-electron chi connectivity index (χ0n) is 9.07. The van der Waals surface area contributed by atoms with Crippen LogP contribution in [0.5, 0.6) is 0 Å². The fraction of sp³-hybridized carbons (Fsp3) is 0.182. The Hall–Kier alpha value is -1.56. The van der Waals surface area contributed by atoms with Crippen LogP contribution >= 0.6 is 11.6 Å². The molecule has 0 aliphatic heterocycles. The number of anilines is 1. The lowest BCUT2D eigenvalue weighted by atomic mass is 10.1. The number of benzene rings is 1. The lowest BCUT2D eigenvalue weighted by Crippen LogP contribution is -2.12. The summed E-state index contributed by atoms with van der Waals surface area (Å²) in [5, 5.41) is -0.0120. The van der Waals surface area contributed by atoms with Gasteiger partial charge in [0, 0.05) is 22.7 Å². The molecule has 1 aromatic heterocycles. The molecule has 0 radical (unpaired) electrons. The summed E-state index contributed by atoms with van der Waals surface area (Å²) in [5.74, 6) is -0.840. The predicted octanol–water partition coefficient (Wildman–Crippen LogP) is 3.94. The number of alkyl halides is 3. The molecular weight excluding hydrogens is 272 g/mol. The highest BCUT2D eigenvalue weighted by Crippen LogP contribution is 2.36. The van der Waals surface area contributed by atoms with Crippen molar-refractivity contribution in [1.82, 2.24) is 4.98 Å². The summed E-state index contributed by atoms with van der Waals surface area (Å²) in [6.45, 7) is 1.21. The van der Waals surface area contributed by atoms with Crippen molar-refractivity contribution >= 4 is 28.2 Å². The van der Waals surface area contributed by atoms with Gasteiger partial charge in [-0.25, -0.2) is 9.37 Å². The van der Waals surface area contributed by atoms with Gasteiger partial charge in [0.05, 0.1) is 10.5 Å². The first-order chi connectivity index (χ1) is 8.21. The van der Waals surface area contributed by atoms with Crippen LogP contribution in [0.4, 0.5) is 23.2 Å². The Morgan fingerprint density at radius 3 is 2.44 bits per heavy atom. The number of aromatic nitrogens is 1. The van der Waals surface area contributed by atoms with Crippen molar-refractivity contribution in [2.45, 2.75) is 13.1 Å². The summed E-state index contributed by atoms with van der Waals surface area (Å²) in [4.78, 5) is 3.41. The molecule has 2 rings (SSSR count). The normalized spacial score (nSPS) is 12.1. The summed E-state index contributed by atoms with van der Waals surface area (Å²) < 4.78 is 51.3. The third kappa shape index (κ3) is 1.96. The molecule has 0 unspecified atom stereocenters. The minimum absolute atomic E-state index is 0.103. The first-order valence-corrected chi connectivity index (χ1v) is 5.21. The van der Waals surface area contributed by atoms with E-state index in [0.717, 1.165) is 6.07 Å². The monoisotopic (exact) mass is 278 g/mol. The Morgan fingerprint density at radius 1 is 1.28 bits per heavy atom. The average molecular weight is 279 g/mol. The van der Waals surface area contributed by atoms with Gasteiger partial charge in [-0.2, -0.15) is 13.2 Å². The third-order valence-corrected chi connectivity index (χ3v) is 2.88. The van der Waals surface area contributed by atoms with E-state index in [0.29, 0.717) is 0 Å². The topological polar surface area (TPSA) is 38.9 Å². The van der Waals surface area contributed by atoms with E-state index >= 15 is 0 Å². The molecule has 0 saturated carbocycles. The molecule has 96 valence electrons. The van der Waals surface area contributed by atoms with E-state index in [2.05, 4.69) is 4.98 Å². The summed E-state index contributed by atoms with van der Waals surface area (Å²) in [6.07, 6.45) is -4.64. The molecule has 0 aliphatic carbocycles. The van der Waals surface area contributed by atoms with Crippen LogP contribution < -0.4 is 5.73 Å². The predicted molar refractivity (Wildman–Crippen MR) is 60.9 cm³/mol. The molecule has 1 aromatic carbocycles. The zero-order chi connectivity index (χ0) is 13.7. The van der Waals surface area contributed by atoms with Crippen molar-refractivity contribution < 1.29 is 17.6 Å². The van der Waals surface area contributed by atoms with Crippen molar-refractivity contribution in [2.75, 3.05) is 5.73 Å². The van der Waals surface area contributed by atoms with Gasteiger partial charge in [-0.05, 0) is 13.0 Å². The second-order valence-corrected chi connectivity index (χ2v) is 4.19. The largest absolute Gasteiger partial charge is 0.433 e. The van der Waals surface area contributed by atoms with Crippen molar-refractivity contribution in [2.24, 2.45) is 0 Å². The second kappa shape index (κ2) is 3.98. The molecule has 1 heterocycles. The Balaban J connectivity index is 2.88. The van der Waals surface area contributed by atoms with Crippen LogP contribution in [-0.4, -0.2) is 4.98 Å². The zero-order valence-corrected chi connectivity index (χ0v) is 9.83. The number of nitrogens with zero attached hydrogens (tertiary/aromatic N) is 1. The molecule has 0 saturated heterocycles. The second-order valence-electron chi connectivity index (χ2n) is 3.78. The maximum absolute atomic E-state index is 13.2. The van der Waals surface area contributed by atoms with Gasteiger partial charge < -0.3 is 5.73 Å². The van der Waals surface area contributed by atoms with Crippen LogP contribution in [0.2, 0.25) is 5.02 Å². The fourth-order valence-electron chi connectivity index (χ4n) is 1.65. The van der Waals surface area contributed by atoms with Crippen molar-refractivity contribution in [1.29, 1.82) is 0 Å². The Morgan fingerprint density at radius 2 is 1.89 bits per heavy atom. The minimum Gasteiger partial charge on any atom is -0.398 e. The number of fused-ring (bicyclic) bond motifs is 1. The van der Waals surface area contributed by atoms with Gasteiger partial charge in [-0.15, -0.1) is 0 Å². The summed E-state index contributed by atoms with van der Waals surface area (Å²) in [6, 6.07) is 2.00. The highest BCUT2D eigenvalue weighted by Gasteiger charge is 2.35. The van der Waals surface area contributed by atoms with Crippen LogP contribution in [0.1, 0.15) is 11.3 Å². The standard InChI is InChI=1S/C11H7ClF4N2/c1-4-9(17)5-2-6(12)7(13)3-8(5)18-10(4)11(14,15)16/h2-3H,1H3,(H2,17,18). The SMILES string of the molecule is Cc1c(C(F)(F)F)nc2cc(F)c(Cl)cc2c1N.